The molecule has 2 unspecified atom stereocenters. The van der Waals surface area contributed by atoms with Gasteiger partial charge in [0.25, 0.3) is 0 Å². The Morgan fingerprint density at radius 2 is 2.53 bits per heavy atom. The molecule has 15 heavy (non-hydrogen) atoms. The molecular formula is C9H15N3O2S. The lowest BCUT2D eigenvalue weighted by Crippen LogP contribution is -2.35. The van der Waals surface area contributed by atoms with Gasteiger partial charge < -0.3 is 20.8 Å². The molecule has 0 aromatic carbocycles. The monoisotopic (exact) mass is 229 g/mol. The average molecular weight is 229 g/mol. The quantitative estimate of drug-likeness (QED) is 0.650. The van der Waals surface area contributed by atoms with E-state index < -0.39 is 0 Å². The van der Waals surface area contributed by atoms with Crippen LogP contribution in [0.4, 0.5) is 0 Å². The lowest BCUT2D eigenvalue weighted by atomic mass is 10.1. The molecule has 4 N–H and O–H groups in total. The van der Waals surface area contributed by atoms with E-state index in [9.17, 15) is 4.79 Å². The lowest BCUT2D eigenvalue weighted by Gasteiger charge is -2.13. The van der Waals surface area contributed by atoms with Crippen molar-refractivity contribution in [2.45, 2.75) is 12.6 Å². The minimum absolute atomic E-state index is 0.00676. The van der Waals surface area contributed by atoms with Crippen molar-refractivity contribution < 1.29 is 4.74 Å². The highest BCUT2D eigenvalue weighted by molar-refractivity contribution is 7.07. The molecule has 1 fully saturated rings. The largest absolute Gasteiger partial charge is 0.379 e. The van der Waals surface area contributed by atoms with Crippen LogP contribution < -0.4 is 15.9 Å². The van der Waals surface area contributed by atoms with Crippen LogP contribution in [0.15, 0.2) is 10.2 Å². The minimum Gasteiger partial charge on any atom is -0.379 e. The predicted octanol–water partition coefficient (Wildman–Crippen LogP) is -0.500. The normalized spacial score (nSPS) is 25.9. The SMILES string of the molecule is NC1COCC1CNCc1csc(=O)[nH]1. The highest BCUT2D eigenvalue weighted by atomic mass is 32.1. The van der Waals surface area contributed by atoms with Crippen LogP contribution in [0.2, 0.25) is 0 Å². The van der Waals surface area contributed by atoms with Crippen molar-refractivity contribution in [2.24, 2.45) is 11.7 Å². The van der Waals surface area contributed by atoms with Gasteiger partial charge in [-0.15, -0.1) is 0 Å². The van der Waals surface area contributed by atoms with Gasteiger partial charge in [0.1, 0.15) is 0 Å². The van der Waals surface area contributed by atoms with Crippen LogP contribution in [0.3, 0.4) is 0 Å². The smallest absolute Gasteiger partial charge is 0.304 e. The third-order valence-corrected chi connectivity index (χ3v) is 3.26. The first-order valence-corrected chi connectivity index (χ1v) is 5.84. The van der Waals surface area contributed by atoms with Gasteiger partial charge in [0.2, 0.25) is 0 Å². The first-order valence-electron chi connectivity index (χ1n) is 4.96. The Labute approximate surface area is 91.6 Å². The minimum atomic E-state index is -0.00676. The van der Waals surface area contributed by atoms with Crippen molar-refractivity contribution in [1.29, 1.82) is 0 Å². The molecule has 1 aliphatic heterocycles. The number of nitrogens with one attached hydrogen (secondary N) is 2. The zero-order chi connectivity index (χ0) is 10.7. The van der Waals surface area contributed by atoms with Crippen molar-refractivity contribution >= 4 is 11.3 Å². The van der Waals surface area contributed by atoms with Gasteiger partial charge in [0.15, 0.2) is 0 Å². The van der Waals surface area contributed by atoms with E-state index in [4.69, 9.17) is 10.5 Å². The molecule has 0 bridgehead atoms. The highest BCUT2D eigenvalue weighted by Crippen LogP contribution is 2.10. The van der Waals surface area contributed by atoms with E-state index in [1.165, 1.54) is 11.3 Å². The zero-order valence-corrected chi connectivity index (χ0v) is 9.18. The van der Waals surface area contributed by atoms with Crippen molar-refractivity contribution in [3.8, 4) is 0 Å². The van der Waals surface area contributed by atoms with Crippen molar-refractivity contribution in [2.75, 3.05) is 19.8 Å². The van der Waals surface area contributed by atoms with Crippen LogP contribution in [0, 0.1) is 5.92 Å². The maximum atomic E-state index is 10.9. The second-order valence-corrected chi connectivity index (χ2v) is 4.61. The molecular weight excluding hydrogens is 214 g/mol. The Morgan fingerprint density at radius 1 is 1.67 bits per heavy atom. The van der Waals surface area contributed by atoms with Crippen LogP contribution >= 0.6 is 11.3 Å². The molecule has 2 heterocycles. The van der Waals surface area contributed by atoms with Gasteiger partial charge in [-0.25, -0.2) is 0 Å². The fourth-order valence-corrected chi connectivity index (χ4v) is 2.20. The summed E-state index contributed by atoms with van der Waals surface area (Å²) in [4.78, 5) is 13.6. The van der Waals surface area contributed by atoms with Gasteiger partial charge in [-0.05, 0) is 0 Å². The van der Waals surface area contributed by atoms with Gasteiger partial charge >= 0.3 is 4.87 Å². The Balaban J connectivity index is 1.73. The van der Waals surface area contributed by atoms with Gasteiger partial charge in [-0.2, -0.15) is 0 Å². The molecule has 0 saturated carbocycles. The third kappa shape index (κ3) is 2.88. The fourth-order valence-electron chi connectivity index (χ4n) is 1.62. The third-order valence-electron chi connectivity index (χ3n) is 2.54. The molecule has 2 rings (SSSR count). The number of hydrogen-bond acceptors (Lipinski definition) is 5. The molecule has 2 atom stereocenters. The number of aromatic nitrogens is 1. The van der Waals surface area contributed by atoms with E-state index in [1.54, 1.807) is 0 Å². The fraction of sp³-hybridized carbons (Fsp3) is 0.667. The second kappa shape index (κ2) is 4.89. The summed E-state index contributed by atoms with van der Waals surface area (Å²) in [7, 11) is 0. The van der Waals surface area contributed by atoms with Gasteiger partial charge in [-0.1, -0.05) is 11.3 Å². The summed E-state index contributed by atoms with van der Waals surface area (Å²) in [5.41, 5.74) is 6.77. The first-order chi connectivity index (χ1) is 7.25. The second-order valence-electron chi connectivity index (χ2n) is 3.77. The topological polar surface area (TPSA) is 80.1 Å². The van der Waals surface area contributed by atoms with Crippen molar-refractivity contribution in [3.63, 3.8) is 0 Å². The first kappa shape index (κ1) is 10.8. The molecule has 5 nitrogen and oxygen atoms in total. The summed E-state index contributed by atoms with van der Waals surface area (Å²) < 4.78 is 5.26. The summed E-state index contributed by atoms with van der Waals surface area (Å²) in [5.74, 6) is 0.385. The summed E-state index contributed by atoms with van der Waals surface area (Å²) in [6, 6.07) is 0.138. The average Bonchev–Trinajstić information content (AvgIpc) is 2.77. The number of nitrogens with two attached hydrogens (primary N) is 1. The van der Waals surface area contributed by atoms with E-state index in [-0.39, 0.29) is 10.9 Å². The number of rotatable bonds is 4. The lowest BCUT2D eigenvalue weighted by molar-refractivity contribution is 0.183. The molecule has 6 heteroatoms. The van der Waals surface area contributed by atoms with Crippen LogP contribution in [0.5, 0.6) is 0 Å². The van der Waals surface area contributed by atoms with Crippen molar-refractivity contribution in [1.82, 2.24) is 10.3 Å². The van der Waals surface area contributed by atoms with Gasteiger partial charge in [-0.3, -0.25) is 4.79 Å². The summed E-state index contributed by atoms with van der Waals surface area (Å²) in [6.45, 7) is 2.90. The van der Waals surface area contributed by atoms with Crippen LogP contribution in [0.25, 0.3) is 0 Å². The number of thiazole rings is 1. The summed E-state index contributed by atoms with van der Waals surface area (Å²) >= 11 is 1.19. The van der Waals surface area contributed by atoms with Crippen molar-refractivity contribution in [3.05, 3.63) is 20.7 Å². The number of aromatic amines is 1. The molecule has 0 amide bonds. The van der Waals surface area contributed by atoms with Gasteiger partial charge in [0.05, 0.1) is 13.2 Å². The Bertz CT molecular complexity index is 362. The highest BCUT2D eigenvalue weighted by Gasteiger charge is 2.23. The molecule has 0 spiro atoms. The van der Waals surface area contributed by atoms with Crippen LogP contribution in [-0.4, -0.2) is 30.8 Å². The number of H-pyrrole nitrogens is 1. The van der Waals surface area contributed by atoms with E-state index in [0.717, 1.165) is 18.8 Å². The molecule has 1 aromatic rings. The Hall–Kier alpha value is -0.690. The van der Waals surface area contributed by atoms with E-state index in [1.807, 2.05) is 5.38 Å². The molecule has 1 aliphatic rings. The molecule has 1 aromatic heterocycles. The Morgan fingerprint density at radius 3 is 3.13 bits per heavy atom. The van der Waals surface area contributed by atoms with Crippen LogP contribution in [0.1, 0.15) is 5.69 Å². The number of ether oxygens (including phenoxy) is 1. The van der Waals surface area contributed by atoms with E-state index in [0.29, 0.717) is 19.1 Å². The number of hydrogen-bond donors (Lipinski definition) is 3. The Kier molecular flexibility index (Phi) is 3.53. The zero-order valence-electron chi connectivity index (χ0n) is 8.36. The molecule has 84 valence electrons. The maximum absolute atomic E-state index is 10.9. The summed E-state index contributed by atoms with van der Waals surface area (Å²) in [6.07, 6.45) is 0. The summed E-state index contributed by atoms with van der Waals surface area (Å²) in [5, 5.41) is 5.10. The standard InChI is InChI=1S/C9H15N3O2S/c10-8-4-14-3-6(8)1-11-2-7-5-15-9(13)12-7/h5-6,8,11H,1-4,10H2,(H,12,13). The molecule has 1 saturated heterocycles. The maximum Gasteiger partial charge on any atom is 0.304 e. The predicted molar refractivity (Wildman–Crippen MR) is 58.9 cm³/mol. The van der Waals surface area contributed by atoms with E-state index in [2.05, 4.69) is 10.3 Å². The van der Waals surface area contributed by atoms with E-state index >= 15 is 0 Å². The molecule has 0 radical (unpaired) electrons. The van der Waals surface area contributed by atoms with Gasteiger partial charge in [0, 0.05) is 36.1 Å². The molecule has 0 aliphatic carbocycles. The van der Waals surface area contributed by atoms with Crippen LogP contribution in [-0.2, 0) is 11.3 Å².